The van der Waals surface area contributed by atoms with Gasteiger partial charge < -0.3 is 10.1 Å². The molecule has 2 unspecified atom stereocenters. The molecule has 0 bridgehead atoms. The van der Waals surface area contributed by atoms with Crippen molar-refractivity contribution in [1.29, 1.82) is 0 Å². The van der Waals surface area contributed by atoms with Crippen molar-refractivity contribution < 1.29 is 9.90 Å². The first-order valence-corrected chi connectivity index (χ1v) is 2.88. The highest BCUT2D eigenvalue weighted by atomic mass is 16.4. The fourth-order valence-electron chi connectivity index (χ4n) is 0.784. The fraction of sp³-hybridized carbons (Fsp3) is 0.600. The highest BCUT2D eigenvalue weighted by molar-refractivity contribution is 6.16. The minimum atomic E-state index is -0.930. The van der Waals surface area contributed by atoms with Gasteiger partial charge in [-0.05, 0) is 0 Å². The van der Waals surface area contributed by atoms with Crippen LogP contribution in [-0.2, 0) is 4.79 Å². The summed E-state index contributed by atoms with van der Waals surface area (Å²) in [6, 6.07) is 0. The molecule has 1 aliphatic rings. The first-order chi connectivity index (χ1) is 4.63. The zero-order chi connectivity index (χ0) is 7.72. The fourth-order valence-corrected chi connectivity index (χ4v) is 0.784. The van der Waals surface area contributed by atoms with E-state index in [0.29, 0.717) is 0 Å². The monoisotopic (exact) mass is 138 g/mol. The topological polar surface area (TPSA) is 52.9 Å². The maximum atomic E-state index is 10.4. The van der Waals surface area contributed by atoms with Crippen LogP contribution in [0.5, 0.6) is 0 Å². The summed E-state index contributed by atoms with van der Waals surface area (Å²) in [5, 5.41) is 13.7. The molecule has 1 aliphatic heterocycles. The Bertz CT molecular complexity index is 182. The Labute approximate surface area is 59.9 Å². The van der Waals surface area contributed by atoms with Crippen LogP contribution in [0.3, 0.4) is 0 Å². The van der Waals surface area contributed by atoms with E-state index in [1.54, 1.807) is 7.05 Å². The van der Waals surface area contributed by atoms with Crippen molar-refractivity contribution in [3.63, 3.8) is 0 Å². The first kappa shape index (κ1) is 7.12. The highest BCUT2D eigenvalue weighted by Gasteiger charge is 2.29. The van der Waals surface area contributed by atoms with Crippen molar-refractivity contribution in [2.24, 2.45) is 11.0 Å². The third kappa shape index (κ3) is 0.986. The Morgan fingerprint density at radius 1 is 1.90 bits per heavy atom. The van der Waals surface area contributed by atoms with E-state index >= 15 is 0 Å². The molecule has 52 valence electrons. The van der Waals surface area contributed by atoms with Gasteiger partial charge in [-0.15, -0.1) is 0 Å². The van der Waals surface area contributed by atoms with E-state index in [0.717, 1.165) is 0 Å². The van der Waals surface area contributed by atoms with Gasteiger partial charge in [0.1, 0.15) is 13.8 Å². The maximum absolute atomic E-state index is 10.4. The average Bonchev–Trinajstić information content (AvgIpc) is 2.14. The third-order valence-electron chi connectivity index (χ3n) is 1.49. The van der Waals surface area contributed by atoms with Gasteiger partial charge >= 0.3 is 5.97 Å². The lowest BCUT2D eigenvalue weighted by molar-refractivity contribution is -0.139. The molecule has 0 saturated carbocycles. The highest BCUT2D eigenvalue weighted by Crippen LogP contribution is 2.11. The van der Waals surface area contributed by atoms with E-state index in [1.807, 2.05) is 0 Å². The zero-order valence-corrected chi connectivity index (χ0v) is 5.56. The molecule has 0 aromatic carbocycles. The quantitative estimate of drug-likeness (QED) is 0.478. The smallest absolute Gasteiger partial charge is 0.313 e. The Morgan fingerprint density at radius 3 is 2.70 bits per heavy atom. The zero-order valence-electron chi connectivity index (χ0n) is 5.56. The van der Waals surface area contributed by atoms with E-state index in [-0.39, 0.29) is 0 Å². The van der Waals surface area contributed by atoms with Crippen LogP contribution in [0.1, 0.15) is 0 Å². The number of aliphatic carboxylic acids is 1. The summed E-state index contributed by atoms with van der Waals surface area (Å²) in [6.45, 7) is 0. The summed E-state index contributed by atoms with van der Waals surface area (Å²) in [6.07, 6.45) is 1.34. The maximum Gasteiger partial charge on any atom is 0.313 e. The Hall–Kier alpha value is -0.995. The van der Waals surface area contributed by atoms with Gasteiger partial charge in [0, 0.05) is 19.2 Å². The lowest BCUT2D eigenvalue weighted by atomic mass is 9.85. The standard InChI is InChI=1S/C5H7BN2O2/c1-8-4(6)3(2-7-8)5(9)10/h2-4H,1H3,(H,9,10). The van der Waals surface area contributed by atoms with Gasteiger partial charge in [0.15, 0.2) is 0 Å². The molecule has 0 aliphatic carbocycles. The molecule has 1 heterocycles. The summed E-state index contributed by atoms with van der Waals surface area (Å²) in [5.41, 5.74) is 0. The van der Waals surface area contributed by atoms with E-state index in [4.69, 9.17) is 13.0 Å². The average molecular weight is 138 g/mol. The Balaban J connectivity index is 2.66. The molecule has 0 aromatic rings. The van der Waals surface area contributed by atoms with E-state index in [2.05, 4.69) is 5.10 Å². The largest absolute Gasteiger partial charge is 0.481 e. The van der Waals surface area contributed by atoms with Crippen molar-refractivity contribution in [3.05, 3.63) is 0 Å². The number of rotatable bonds is 1. The van der Waals surface area contributed by atoms with Gasteiger partial charge in [-0.3, -0.25) is 4.79 Å². The Kier molecular flexibility index (Phi) is 1.65. The summed E-state index contributed by atoms with van der Waals surface area (Å²) in [5.74, 6) is -2.11. The first-order valence-electron chi connectivity index (χ1n) is 2.88. The summed E-state index contributed by atoms with van der Waals surface area (Å²) < 4.78 is 0. The molecule has 2 radical (unpaired) electrons. The van der Waals surface area contributed by atoms with Crippen LogP contribution in [0.15, 0.2) is 5.10 Å². The van der Waals surface area contributed by atoms with Gasteiger partial charge in [-0.2, -0.15) is 5.10 Å². The van der Waals surface area contributed by atoms with Crippen molar-refractivity contribution in [2.45, 2.75) is 5.94 Å². The molecular formula is C5H7BN2O2. The van der Waals surface area contributed by atoms with Crippen LogP contribution in [0.2, 0.25) is 0 Å². The minimum absolute atomic E-state index is 0.516. The lowest BCUT2D eigenvalue weighted by Gasteiger charge is -2.17. The molecule has 0 saturated heterocycles. The van der Waals surface area contributed by atoms with Gasteiger partial charge in [0.05, 0.1) is 0 Å². The molecule has 1 rings (SSSR count). The molecule has 0 aromatic heterocycles. The second-order valence-electron chi connectivity index (χ2n) is 2.19. The number of hydrogen-bond donors (Lipinski definition) is 1. The predicted molar refractivity (Wildman–Crippen MR) is 36.9 cm³/mol. The molecular weight excluding hydrogens is 131 g/mol. The number of nitrogens with zero attached hydrogens (tertiary/aromatic N) is 2. The van der Waals surface area contributed by atoms with Gasteiger partial charge in [-0.1, -0.05) is 0 Å². The molecule has 5 heteroatoms. The molecule has 4 nitrogen and oxygen atoms in total. The minimum Gasteiger partial charge on any atom is -0.481 e. The third-order valence-corrected chi connectivity index (χ3v) is 1.49. The molecule has 0 spiro atoms. The number of hydrogen-bond acceptors (Lipinski definition) is 3. The SMILES string of the molecule is [B]C1C(C(=O)O)C=NN1C. The van der Waals surface area contributed by atoms with Crippen LogP contribution in [-0.4, -0.2) is 43.1 Å². The predicted octanol–water partition coefficient (Wildman–Crippen LogP) is -0.887. The van der Waals surface area contributed by atoms with E-state index in [1.165, 1.54) is 11.2 Å². The summed E-state index contributed by atoms with van der Waals surface area (Å²) >= 11 is 0. The summed E-state index contributed by atoms with van der Waals surface area (Å²) in [4.78, 5) is 10.4. The second-order valence-corrected chi connectivity index (χ2v) is 2.19. The van der Waals surface area contributed by atoms with Crippen LogP contribution < -0.4 is 0 Å². The van der Waals surface area contributed by atoms with Crippen LogP contribution in [0, 0.1) is 5.92 Å². The van der Waals surface area contributed by atoms with E-state index in [9.17, 15) is 4.79 Å². The van der Waals surface area contributed by atoms with Crippen molar-refractivity contribution in [2.75, 3.05) is 7.05 Å². The lowest BCUT2D eigenvalue weighted by Crippen LogP contribution is -2.34. The van der Waals surface area contributed by atoms with Crippen molar-refractivity contribution in [3.8, 4) is 0 Å². The summed E-state index contributed by atoms with van der Waals surface area (Å²) in [7, 11) is 7.09. The number of hydrazone groups is 1. The van der Waals surface area contributed by atoms with Gasteiger partial charge in [0.2, 0.25) is 0 Å². The second kappa shape index (κ2) is 2.32. The molecule has 1 N–H and O–H groups in total. The number of carboxylic acids is 1. The van der Waals surface area contributed by atoms with Gasteiger partial charge in [0.25, 0.3) is 0 Å². The number of carboxylic acid groups (broad SMARTS) is 1. The van der Waals surface area contributed by atoms with Crippen molar-refractivity contribution in [1.82, 2.24) is 5.01 Å². The van der Waals surface area contributed by atoms with Crippen LogP contribution >= 0.6 is 0 Å². The van der Waals surface area contributed by atoms with Gasteiger partial charge in [-0.25, -0.2) is 0 Å². The molecule has 2 atom stereocenters. The molecule has 0 fully saturated rings. The normalized spacial score (nSPS) is 31.1. The Morgan fingerprint density at radius 2 is 2.50 bits per heavy atom. The van der Waals surface area contributed by atoms with Crippen LogP contribution in [0.4, 0.5) is 0 Å². The van der Waals surface area contributed by atoms with E-state index < -0.39 is 17.8 Å². The van der Waals surface area contributed by atoms with Crippen LogP contribution in [0.25, 0.3) is 0 Å². The number of carbonyl (C=O) groups is 1. The molecule has 10 heavy (non-hydrogen) atoms. The molecule has 0 amide bonds. The van der Waals surface area contributed by atoms with Crippen molar-refractivity contribution >= 4 is 20.0 Å².